The number of hydrogen-bond donors (Lipinski definition) is 1. The molecule has 0 radical (unpaired) electrons. The number of rotatable bonds is 7. The van der Waals surface area contributed by atoms with Crippen LogP contribution >= 0.6 is 0 Å². The minimum absolute atomic E-state index is 0.175. The van der Waals surface area contributed by atoms with Gasteiger partial charge in [-0.05, 0) is 32.0 Å². The molecule has 92 valence electrons. The molecule has 0 spiro atoms. The predicted molar refractivity (Wildman–Crippen MR) is 55.6 cm³/mol. The minimum atomic E-state index is -4.03. The molecule has 0 amide bonds. The van der Waals surface area contributed by atoms with Gasteiger partial charge in [0.25, 0.3) is 0 Å². The summed E-state index contributed by atoms with van der Waals surface area (Å²) in [5.74, 6) is 0.343. The largest absolute Gasteiger partial charge is 0.389 e. The van der Waals surface area contributed by atoms with E-state index in [1.165, 1.54) is 0 Å². The van der Waals surface area contributed by atoms with E-state index in [0.29, 0.717) is 19.0 Å². The van der Waals surface area contributed by atoms with Gasteiger partial charge in [0.05, 0.1) is 0 Å². The van der Waals surface area contributed by atoms with Crippen LogP contribution in [0.3, 0.4) is 0 Å². The molecule has 0 fully saturated rings. The van der Waals surface area contributed by atoms with Gasteiger partial charge in [0, 0.05) is 13.0 Å². The SMILES string of the molecule is CCN(CCCC(F)(F)F)CC(C)CN. The van der Waals surface area contributed by atoms with Gasteiger partial charge in [-0.2, -0.15) is 13.2 Å². The first kappa shape index (κ1) is 14.7. The summed E-state index contributed by atoms with van der Waals surface area (Å²) in [5, 5.41) is 0. The third kappa shape index (κ3) is 8.69. The fraction of sp³-hybridized carbons (Fsp3) is 1.00. The maximum atomic E-state index is 11.9. The molecule has 0 rings (SSSR count). The molecule has 0 saturated carbocycles. The third-order valence-corrected chi connectivity index (χ3v) is 2.35. The highest BCUT2D eigenvalue weighted by Gasteiger charge is 2.26. The second-order valence-corrected chi connectivity index (χ2v) is 3.95. The summed E-state index contributed by atoms with van der Waals surface area (Å²) in [6.07, 6.45) is -4.55. The van der Waals surface area contributed by atoms with Gasteiger partial charge in [-0.25, -0.2) is 0 Å². The van der Waals surface area contributed by atoms with Crippen LogP contribution in [0.25, 0.3) is 0 Å². The first-order chi connectivity index (χ1) is 6.89. The van der Waals surface area contributed by atoms with Gasteiger partial charge in [0.1, 0.15) is 0 Å². The van der Waals surface area contributed by atoms with Gasteiger partial charge in [-0.1, -0.05) is 13.8 Å². The molecule has 5 heteroatoms. The van der Waals surface area contributed by atoms with Gasteiger partial charge >= 0.3 is 6.18 Å². The lowest BCUT2D eigenvalue weighted by Crippen LogP contribution is -2.32. The summed E-state index contributed by atoms with van der Waals surface area (Å²) < 4.78 is 35.7. The van der Waals surface area contributed by atoms with Crippen molar-refractivity contribution in [2.45, 2.75) is 32.9 Å². The molecular weight excluding hydrogens is 205 g/mol. The van der Waals surface area contributed by atoms with Crippen LogP contribution in [0.4, 0.5) is 13.2 Å². The van der Waals surface area contributed by atoms with Gasteiger partial charge in [0.15, 0.2) is 0 Å². The predicted octanol–water partition coefficient (Wildman–Crippen LogP) is 2.25. The van der Waals surface area contributed by atoms with Crippen molar-refractivity contribution in [3.63, 3.8) is 0 Å². The van der Waals surface area contributed by atoms with Crippen LogP contribution in [0.15, 0.2) is 0 Å². The van der Waals surface area contributed by atoms with Crippen molar-refractivity contribution in [3.8, 4) is 0 Å². The molecular formula is C10H21F3N2. The van der Waals surface area contributed by atoms with E-state index < -0.39 is 12.6 Å². The Morgan fingerprint density at radius 3 is 2.33 bits per heavy atom. The van der Waals surface area contributed by atoms with Crippen molar-refractivity contribution >= 4 is 0 Å². The van der Waals surface area contributed by atoms with E-state index in [9.17, 15) is 13.2 Å². The highest BCUT2D eigenvalue weighted by Crippen LogP contribution is 2.21. The summed E-state index contributed by atoms with van der Waals surface area (Å²) >= 11 is 0. The quantitative estimate of drug-likeness (QED) is 0.721. The molecule has 0 aliphatic rings. The average molecular weight is 226 g/mol. The third-order valence-electron chi connectivity index (χ3n) is 2.35. The van der Waals surface area contributed by atoms with Crippen molar-refractivity contribution < 1.29 is 13.2 Å². The van der Waals surface area contributed by atoms with E-state index in [1.807, 2.05) is 18.7 Å². The van der Waals surface area contributed by atoms with Crippen molar-refractivity contribution in [2.24, 2.45) is 11.7 Å². The van der Waals surface area contributed by atoms with Crippen molar-refractivity contribution in [3.05, 3.63) is 0 Å². The smallest absolute Gasteiger partial charge is 0.330 e. The zero-order chi connectivity index (χ0) is 11.9. The summed E-state index contributed by atoms with van der Waals surface area (Å²) in [6, 6.07) is 0. The maximum absolute atomic E-state index is 11.9. The van der Waals surface area contributed by atoms with Gasteiger partial charge in [-0.15, -0.1) is 0 Å². The van der Waals surface area contributed by atoms with E-state index in [2.05, 4.69) is 0 Å². The topological polar surface area (TPSA) is 29.3 Å². The Labute approximate surface area is 89.6 Å². The molecule has 0 aromatic carbocycles. The summed E-state index contributed by atoms with van der Waals surface area (Å²) in [5.41, 5.74) is 5.47. The lowest BCUT2D eigenvalue weighted by molar-refractivity contribution is -0.136. The molecule has 0 bridgehead atoms. The molecule has 1 atom stereocenters. The Balaban J connectivity index is 3.71. The van der Waals surface area contributed by atoms with E-state index in [4.69, 9.17) is 5.73 Å². The Kier molecular flexibility index (Phi) is 6.92. The lowest BCUT2D eigenvalue weighted by Gasteiger charge is -2.23. The van der Waals surface area contributed by atoms with Crippen molar-refractivity contribution in [1.82, 2.24) is 4.90 Å². The summed E-state index contributed by atoms with van der Waals surface area (Å²) in [4.78, 5) is 2.02. The Hall–Kier alpha value is -0.290. The normalized spacial score (nSPS) is 14.6. The van der Waals surface area contributed by atoms with Crippen LogP contribution in [-0.2, 0) is 0 Å². The Morgan fingerprint density at radius 1 is 1.33 bits per heavy atom. The standard InChI is InChI=1S/C10H21F3N2/c1-3-15(8-9(2)7-14)6-4-5-10(11,12)13/h9H,3-8,14H2,1-2H3. The second kappa shape index (κ2) is 7.06. The Morgan fingerprint density at radius 2 is 1.93 bits per heavy atom. The first-order valence-corrected chi connectivity index (χ1v) is 5.38. The highest BCUT2D eigenvalue weighted by molar-refractivity contribution is 4.63. The van der Waals surface area contributed by atoms with Gasteiger partial charge < -0.3 is 10.6 Å². The Bertz CT molecular complexity index is 159. The minimum Gasteiger partial charge on any atom is -0.330 e. The number of nitrogens with two attached hydrogens (primary N) is 1. The number of alkyl halides is 3. The fourth-order valence-corrected chi connectivity index (χ4v) is 1.40. The number of hydrogen-bond acceptors (Lipinski definition) is 2. The zero-order valence-electron chi connectivity index (χ0n) is 9.48. The van der Waals surface area contributed by atoms with Crippen LogP contribution in [0.1, 0.15) is 26.7 Å². The summed E-state index contributed by atoms with van der Waals surface area (Å²) in [6.45, 7) is 6.60. The first-order valence-electron chi connectivity index (χ1n) is 5.38. The molecule has 0 saturated heterocycles. The van der Waals surface area contributed by atoms with Crippen LogP contribution in [-0.4, -0.2) is 37.3 Å². The molecule has 0 aromatic heterocycles. The number of halogens is 3. The molecule has 2 N–H and O–H groups in total. The van der Waals surface area contributed by atoms with Gasteiger partial charge in [-0.3, -0.25) is 0 Å². The van der Waals surface area contributed by atoms with Crippen molar-refractivity contribution in [2.75, 3.05) is 26.2 Å². The van der Waals surface area contributed by atoms with Crippen LogP contribution < -0.4 is 5.73 Å². The second-order valence-electron chi connectivity index (χ2n) is 3.95. The van der Waals surface area contributed by atoms with Crippen LogP contribution in [0.2, 0.25) is 0 Å². The highest BCUT2D eigenvalue weighted by atomic mass is 19.4. The van der Waals surface area contributed by atoms with Crippen molar-refractivity contribution in [1.29, 1.82) is 0 Å². The van der Waals surface area contributed by atoms with E-state index in [-0.39, 0.29) is 6.42 Å². The van der Waals surface area contributed by atoms with Crippen LogP contribution in [0.5, 0.6) is 0 Å². The molecule has 0 aliphatic carbocycles. The molecule has 0 aliphatic heterocycles. The molecule has 0 aromatic rings. The number of nitrogens with zero attached hydrogens (tertiary/aromatic N) is 1. The fourth-order valence-electron chi connectivity index (χ4n) is 1.40. The zero-order valence-corrected chi connectivity index (χ0v) is 9.48. The molecule has 0 heterocycles. The van der Waals surface area contributed by atoms with E-state index in [1.54, 1.807) is 0 Å². The lowest BCUT2D eigenvalue weighted by atomic mass is 10.1. The van der Waals surface area contributed by atoms with Crippen LogP contribution in [0, 0.1) is 5.92 Å². The molecule has 1 unspecified atom stereocenters. The van der Waals surface area contributed by atoms with E-state index >= 15 is 0 Å². The van der Waals surface area contributed by atoms with E-state index in [0.717, 1.165) is 13.1 Å². The molecule has 15 heavy (non-hydrogen) atoms. The van der Waals surface area contributed by atoms with Gasteiger partial charge in [0.2, 0.25) is 0 Å². The monoisotopic (exact) mass is 226 g/mol. The summed E-state index contributed by atoms with van der Waals surface area (Å²) in [7, 11) is 0. The molecule has 2 nitrogen and oxygen atoms in total. The maximum Gasteiger partial charge on any atom is 0.389 e. The average Bonchev–Trinajstić information content (AvgIpc) is 2.14.